The molecule has 6 aliphatic heterocycles. The highest BCUT2D eigenvalue weighted by Gasteiger charge is 2.65. The van der Waals surface area contributed by atoms with Crippen LogP contribution in [-0.4, -0.2) is 199 Å². The Morgan fingerprint density at radius 3 is 1.25 bits per heavy atom. The van der Waals surface area contributed by atoms with Crippen molar-refractivity contribution in [3.63, 3.8) is 0 Å². The van der Waals surface area contributed by atoms with Gasteiger partial charge in [-0.1, -0.05) is 52.0 Å². The van der Waals surface area contributed by atoms with E-state index < -0.39 is 88.3 Å². The number of fused-ring (bicyclic) bond motifs is 10. The molecule has 4 saturated carbocycles. The SMILES string of the molecule is C[C@@H]1CC/C=C\[C@@H]2C[C@@]2(C(=O)NS(=O)(=O)C2(C)CC2)CC(=O)[C@@H]2C[C@@H](Oc3nccc4c5c(ccc34)N(C)CCO5)CN2C(=O)[C@@H](CC(=O)c2ccc(N(C)C)cc2)[C@H](C)C1.C[C@H]1CC/C=C\[C@@H]2C[C@@]2(C(=O)NS(=O)(=O)C2(C)CC2)CC(=O)[C@@H]2C[C@@H](Oc3nccc4c5c(ccc34)N(C)CCO5)CN2C(=O)[C@@H](CC(=O)c2ccc(N(C)C)cc2)[C@H](C)C1. The lowest BCUT2D eigenvalue weighted by molar-refractivity contribution is -0.143. The van der Waals surface area contributed by atoms with Crippen LogP contribution in [0.4, 0.5) is 22.7 Å². The molecular formula is C94H118N10O16S2. The van der Waals surface area contributed by atoms with Crippen molar-refractivity contribution < 1.29 is 74.1 Å². The summed E-state index contributed by atoms with van der Waals surface area (Å²) in [5, 5.41) is 3.15. The molecule has 4 amide bonds. The number of carbonyl (C=O) groups is 8. The number of likely N-dealkylation sites (N-methyl/N-ethyl adjacent to an activating group) is 2. The monoisotopic (exact) mass is 1710 g/mol. The van der Waals surface area contributed by atoms with Crippen molar-refractivity contribution in [3.05, 3.63) is 133 Å². The molecule has 10 aliphatic rings. The highest BCUT2D eigenvalue weighted by Crippen LogP contribution is 2.60. The van der Waals surface area contributed by atoms with Gasteiger partial charge in [-0.3, -0.25) is 47.8 Å². The number of nitrogens with zero attached hydrogens (tertiary/aromatic N) is 8. The Balaban J connectivity index is 0.000000190. The summed E-state index contributed by atoms with van der Waals surface area (Å²) in [5.74, 6) is -2.83. The summed E-state index contributed by atoms with van der Waals surface area (Å²) in [5.41, 5.74) is 2.31. The van der Waals surface area contributed by atoms with Crippen LogP contribution in [0.3, 0.4) is 0 Å². The van der Waals surface area contributed by atoms with E-state index in [4.69, 9.17) is 18.9 Å². The van der Waals surface area contributed by atoms with Crippen LogP contribution in [0.5, 0.6) is 23.3 Å². The largest absolute Gasteiger partial charge is 0.489 e. The summed E-state index contributed by atoms with van der Waals surface area (Å²) >= 11 is 0. The van der Waals surface area contributed by atoms with E-state index in [1.165, 1.54) is 0 Å². The number of pyridine rings is 2. The second-order valence-electron chi connectivity index (χ2n) is 37.7. The average molecular weight is 1710 g/mol. The van der Waals surface area contributed by atoms with Crippen LogP contribution in [0.1, 0.15) is 178 Å². The van der Waals surface area contributed by atoms with Gasteiger partial charge >= 0.3 is 0 Å². The third-order valence-corrected chi connectivity index (χ3v) is 32.5. The molecule has 4 aromatic carbocycles. The molecule has 0 unspecified atom stereocenters. The number of allylic oxidation sites excluding steroid dienone is 4. The quantitative estimate of drug-likeness (QED) is 0.0596. The smallest absolute Gasteiger partial charge is 0.240 e. The van der Waals surface area contributed by atoms with Crippen molar-refractivity contribution in [3.8, 4) is 23.3 Å². The number of Topliss-reactive ketones (excluding diaryl/α,β-unsaturated/α-hetero) is 4. The molecule has 2 saturated heterocycles. The lowest BCUT2D eigenvalue weighted by Crippen LogP contribution is -2.48. The number of ketones is 4. The first-order chi connectivity index (χ1) is 58.0. The standard InChI is InChI=1S/2C47H59N5O8S/c2*1-29-9-7-8-10-32-26-47(32,45(56)49-61(57,58)46(3)18-19-46)27-41(54)39-24-34(60-43-36-15-16-38-42(35(36)17-20-48-43)59-22-21-51(38)6)28-52(39)44(55)37(30(2)23-29)25-40(53)31-11-13-33(14-12-31)50(4)5/h2*8,10-17,20,29-30,32,34,37,39H,7,9,18-19,21-28H2,1-6H3,(H,49,56)/b2*10-8-/t29-,30+,32+,34+,37-,39-,47+;29-,30-,32-,34-,37+,39+,47-/m01/s1. The molecule has 28 heteroatoms. The molecule has 122 heavy (non-hydrogen) atoms. The summed E-state index contributed by atoms with van der Waals surface area (Å²) in [6.07, 6.45) is 16.8. The number of carbonyl (C=O) groups excluding carboxylic acids is 8. The van der Waals surface area contributed by atoms with Gasteiger partial charge in [-0.2, -0.15) is 0 Å². The number of hydrogen-bond donors (Lipinski definition) is 2. The number of ether oxygens (including phenoxy) is 4. The fraction of sp³-hybridized carbons (Fsp3) is 0.553. The first kappa shape index (κ1) is 87.0. The summed E-state index contributed by atoms with van der Waals surface area (Å²) in [7, 11) is 3.83. The maximum atomic E-state index is 15.2. The Kier molecular flexibility index (Phi) is 24.4. The minimum atomic E-state index is -3.96. The van der Waals surface area contributed by atoms with E-state index in [1.54, 1.807) is 60.3 Å². The van der Waals surface area contributed by atoms with E-state index in [9.17, 15) is 45.6 Å². The topological polar surface area (TPSA) is 311 Å². The van der Waals surface area contributed by atoms with Gasteiger partial charge in [0.1, 0.15) is 25.4 Å². The van der Waals surface area contributed by atoms with Crippen LogP contribution in [-0.2, 0) is 48.8 Å². The van der Waals surface area contributed by atoms with E-state index in [-0.39, 0.29) is 122 Å². The summed E-state index contributed by atoms with van der Waals surface area (Å²) < 4.78 is 81.6. The van der Waals surface area contributed by atoms with Gasteiger partial charge in [-0.15, -0.1) is 0 Å². The normalized spacial score (nSPS) is 29.2. The number of aromatic nitrogens is 2. The van der Waals surface area contributed by atoms with E-state index in [2.05, 4.69) is 43.1 Å². The van der Waals surface area contributed by atoms with Crippen LogP contribution in [0.15, 0.2) is 122 Å². The molecule has 26 nitrogen and oxygen atoms in total. The molecule has 652 valence electrons. The third kappa shape index (κ3) is 17.7. The maximum Gasteiger partial charge on any atom is 0.240 e. The first-order valence-electron chi connectivity index (χ1n) is 43.6. The van der Waals surface area contributed by atoms with Crippen LogP contribution in [0.2, 0.25) is 0 Å². The van der Waals surface area contributed by atoms with E-state index in [0.29, 0.717) is 87.5 Å². The Hall–Kier alpha value is -9.96. The van der Waals surface area contributed by atoms with Gasteiger partial charge in [-0.25, -0.2) is 26.8 Å². The van der Waals surface area contributed by atoms with Crippen LogP contribution in [0, 0.1) is 58.2 Å². The van der Waals surface area contributed by atoms with Gasteiger partial charge in [0.05, 0.1) is 70.0 Å². The second kappa shape index (κ2) is 34.3. The molecule has 2 N–H and O–H groups in total. The molecule has 8 heterocycles. The Morgan fingerprint density at radius 2 is 0.893 bits per heavy atom. The van der Waals surface area contributed by atoms with Crippen LogP contribution in [0.25, 0.3) is 21.5 Å². The second-order valence-corrected chi connectivity index (χ2v) is 42.1. The van der Waals surface area contributed by atoms with Crippen molar-refractivity contribution >= 4 is 111 Å². The predicted molar refractivity (Wildman–Crippen MR) is 469 cm³/mol. The maximum absolute atomic E-state index is 15.2. The minimum absolute atomic E-state index is 0.0354. The number of benzene rings is 4. The highest BCUT2D eigenvalue weighted by atomic mass is 32.2. The Morgan fingerprint density at radius 1 is 0.516 bits per heavy atom. The predicted octanol–water partition coefficient (Wildman–Crippen LogP) is 12.7. The molecule has 16 rings (SSSR count). The highest BCUT2D eigenvalue weighted by molar-refractivity contribution is 7.92. The zero-order chi connectivity index (χ0) is 86.9. The zero-order valence-corrected chi connectivity index (χ0v) is 74.0. The van der Waals surface area contributed by atoms with Gasteiger partial charge in [0.2, 0.25) is 55.4 Å². The lowest BCUT2D eigenvalue weighted by Gasteiger charge is -2.32. The van der Waals surface area contributed by atoms with Gasteiger partial charge < -0.3 is 48.3 Å². The lowest BCUT2D eigenvalue weighted by atomic mass is 9.80. The molecule has 4 aliphatic carbocycles. The van der Waals surface area contributed by atoms with E-state index in [0.717, 1.165) is 94.6 Å². The molecule has 0 spiro atoms. The molecule has 6 fully saturated rings. The molecular weight excluding hydrogens is 1590 g/mol. The Bertz CT molecular complexity index is 5050. The van der Waals surface area contributed by atoms with E-state index >= 15 is 9.59 Å². The van der Waals surface area contributed by atoms with E-state index in [1.807, 2.05) is 151 Å². The van der Waals surface area contributed by atoms with Gasteiger partial charge in [0.25, 0.3) is 0 Å². The van der Waals surface area contributed by atoms with Gasteiger partial charge in [0.15, 0.2) is 34.6 Å². The van der Waals surface area contributed by atoms with Crippen molar-refractivity contribution in [2.75, 3.05) is 101 Å². The molecule has 0 radical (unpaired) electrons. The first-order valence-corrected chi connectivity index (χ1v) is 46.6. The number of anilines is 4. The summed E-state index contributed by atoms with van der Waals surface area (Å²) in [6.45, 7) is 14.3. The fourth-order valence-electron chi connectivity index (χ4n) is 19.3. The van der Waals surface area contributed by atoms with Crippen molar-refractivity contribution in [2.24, 2.45) is 58.2 Å². The van der Waals surface area contributed by atoms with Crippen molar-refractivity contribution in [1.82, 2.24) is 29.2 Å². The molecule has 2 aromatic heterocycles. The summed E-state index contributed by atoms with van der Waals surface area (Å²) in [6, 6.07) is 24.4. The number of amides is 4. The minimum Gasteiger partial charge on any atom is -0.489 e. The number of hydrogen-bond acceptors (Lipinski definition) is 22. The molecule has 14 atom stereocenters. The Labute approximate surface area is 716 Å². The van der Waals surface area contributed by atoms with Crippen molar-refractivity contribution in [1.29, 1.82) is 0 Å². The number of nitrogens with one attached hydrogen (secondary N) is 2. The fourth-order valence-corrected chi connectivity index (χ4v) is 22.0. The van der Waals surface area contributed by atoms with Gasteiger partial charge in [-0.05, 0) is 211 Å². The number of sulfonamides is 2. The third-order valence-electron chi connectivity index (χ3n) is 28.2. The molecule has 6 aromatic rings. The molecule has 0 bridgehead atoms. The zero-order valence-electron chi connectivity index (χ0n) is 72.4. The van der Waals surface area contributed by atoms with Gasteiger partial charge in [0, 0.05) is 149 Å². The van der Waals surface area contributed by atoms with Crippen LogP contribution >= 0.6 is 0 Å². The average Bonchev–Trinajstić information content (AvgIpc) is 1.57. The number of rotatable bonds is 18. The summed E-state index contributed by atoms with van der Waals surface area (Å²) in [4.78, 5) is 137. The van der Waals surface area contributed by atoms with Crippen LogP contribution < -0.4 is 48.0 Å². The van der Waals surface area contributed by atoms with Crippen molar-refractivity contribution in [2.45, 2.75) is 191 Å².